The normalized spacial score (nSPS) is 9.00. The highest BCUT2D eigenvalue weighted by molar-refractivity contribution is 5.28. The SMILES string of the molecule is CCCN=O.CCOc1ccc(F)c(C)c1. The molecule has 0 spiro atoms. The first kappa shape index (κ1) is 14.6. The molecule has 1 aromatic carbocycles. The minimum absolute atomic E-state index is 0.187. The summed E-state index contributed by atoms with van der Waals surface area (Å²) in [6.45, 7) is 6.61. The number of hydrogen-bond donors (Lipinski definition) is 0. The van der Waals surface area contributed by atoms with Gasteiger partial charge < -0.3 is 4.74 Å². The number of nitrogens with zero attached hydrogens (tertiary/aromatic N) is 1. The maximum atomic E-state index is 12.7. The predicted molar refractivity (Wildman–Crippen MR) is 63.3 cm³/mol. The number of benzene rings is 1. The van der Waals surface area contributed by atoms with Crippen molar-refractivity contribution >= 4 is 0 Å². The van der Waals surface area contributed by atoms with E-state index < -0.39 is 0 Å². The van der Waals surface area contributed by atoms with Crippen LogP contribution in [0.15, 0.2) is 23.4 Å². The zero-order chi connectivity index (χ0) is 12.4. The maximum absolute atomic E-state index is 12.7. The van der Waals surface area contributed by atoms with Gasteiger partial charge in [0.1, 0.15) is 11.6 Å². The molecule has 3 nitrogen and oxygen atoms in total. The van der Waals surface area contributed by atoms with Gasteiger partial charge in [0.2, 0.25) is 0 Å². The van der Waals surface area contributed by atoms with Crippen LogP contribution in [0.25, 0.3) is 0 Å². The standard InChI is InChI=1S/C9H11FO.C3H7NO/c1-3-11-8-4-5-9(10)7(2)6-8;1-2-3-4-5/h4-6H,3H2,1-2H3;2-3H2,1H3. The van der Waals surface area contributed by atoms with Crippen LogP contribution in [0.5, 0.6) is 5.75 Å². The Bertz CT molecular complexity index is 316. The van der Waals surface area contributed by atoms with Crippen molar-refractivity contribution in [2.24, 2.45) is 5.18 Å². The summed E-state index contributed by atoms with van der Waals surface area (Å²) in [5, 5.41) is 2.60. The van der Waals surface area contributed by atoms with Crippen molar-refractivity contribution in [3.63, 3.8) is 0 Å². The van der Waals surface area contributed by atoms with Gasteiger partial charge >= 0.3 is 0 Å². The van der Waals surface area contributed by atoms with E-state index in [9.17, 15) is 4.39 Å². The van der Waals surface area contributed by atoms with Crippen molar-refractivity contribution in [2.45, 2.75) is 27.2 Å². The van der Waals surface area contributed by atoms with Crippen LogP contribution in [0.4, 0.5) is 4.39 Å². The van der Waals surface area contributed by atoms with Crippen LogP contribution >= 0.6 is 0 Å². The van der Waals surface area contributed by atoms with E-state index >= 15 is 0 Å². The van der Waals surface area contributed by atoms with E-state index in [1.807, 2.05) is 13.8 Å². The molecule has 0 unspecified atom stereocenters. The second-order valence-corrected chi connectivity index (χ2v) is 3.20. The highest BCUT2D eigenvalue weighted by atomic mass is 19.1. The molecule has 0 aliphatic heterocycles. The molecule has 0 aliphatic rings. The Kier molecular flexibility index (Phi) is 8.03. The third-order valence-electron chi connectivity index (χ3n) is 1.76. The number of ether oxygens (including phenoxy) is 1. The lowest BCUT2D eigenvalue weighted by atomic mass is 10.2. The van der Waals surface area contributed by atoms with Crippen LogP contribution in [0.1, 0.15) is 25.8 Å². The molecule has 16 heavy (non-hydrogen) atoms. The second kappa shape index (κ2) is 8.83. The van der Waals surface area contributed by atoms with Gasteiger partial charge in [0.25, 0.3) is 0 Å². The van der Waals surface area contributed by atoms with Gasteiger partial charge in [-0.05, 0) is 44.0 Å². The number of aryl methyl sites for hydroxylation is 1. The van der Waals surface area contributed by atoms with Crippen LogP contribution in [0.3, 0.4) is 0 Å². The Balaban J connectivity index is 0.000000385. The fraction of sp³-hybridized carbons (Fsp3) is 0.500. The molecule has 90 valence electrons. The molecule has 0 atom stereocenters. The number of rotatable bonds is 4. The molecule has 4 heteroatoms. The van der Waals surface area contributed by atoms with E-state index in [4.69, 9.17) is 9.64 Å². The largest absolute Gasteiger partial charge is 0.494 e. The fourth-order valence-electron chi connectivity index (χ4n) is 0.965. The molecule has 0 saturated carbocycles. The van der Waals surface area contributed by atoms with Crippen molar-refractivity contribution < 1.29 is 9.13 Å². The first-order valence-corrected chi connectivity index (χ1v) is 5.33. The van der Waals surface area contributed by atoms with E-state index in [-0.39, 0.29) is 5.82 Å². The van der Waals surface area contributed by atoms with E-state index in [0.29, 0.717) is 18.7 Å². The van der Waals surface area contributed by atoms with Crippen molar-refractivity contribution in [1.82, 2.24) is 0 Å². The van der Waals surface area contributed by atoms with E-state index in [0.717, 1.165) is 12.2 Å². The summed E-state index contributed by atoms with van der Waals surface area (Å²) in [6.07, 6.45) is 0.865. The molecule has 1 rings (SSSR count). The highest BCUT2D eigenvalue weighted by Crippen LogP contribution is 2.15. The Morgan fingerprint density at radius 1 is 1.38 bits per heavy atom. The third-order valence-corrected chi connectivity index (χ3v) is 1.76. The Morgan fingerprint density at radius 2 is 2.06 bits per heavy atom. The van der Waals surface area contributed by atoms with Crippen LogP contribution in [-0.4, -0.2) is 13.2 Å². The second-order valence-electron chi connectivity index (χ2n) is 3.20. The van der Waals surface area contributed by atoms with Crippen LogP contribution < -0.4 is 4.74 Å². The van der Waals surface area contributed by atoms with Crippen LogP contribution in [-0.2, 0) is 0 Å². The molecule has 0 fully saturated rings. The van der Waals surface area contributed by atoms with Gasteiger partial charge in [0.15, 0.2) is 0 Å². The quantitative estimate of drug-likeness (QED) is 0.736. The minimum atomic E-state index is -0.187. The van der Waals surface area contributed by atoms with Crippen molar-refractivity contribution in [3.05, 3.63) is 34.5 Å². The maximum Gasteiger partial charge on any atom is 0.126 e. The zero-order valence-electron chi connectivity index (χ0n) is 10.00. The lowest BCUT2D eigenvalue weighted by Gasteiger charge is -2.03. The summed E-state index contributed by atoms with van der Waals surface area (Å²) >= 11 is 0. The molecule has 0 bridgehead atoms. The monoisotopic (exact) mass is 227 g/mol. The lowest BCUT2D eigenvalue weighted by molar-refractivity contribution is 0.339. The molecule has 0 aliphatic carbocycles. The van der Waals surface area contributed by atoms with Crippen molar-refractivity contribution in [3.8, 4) is 5.75 Å². The van der Waals surface area contributed by atoms with Gasteiger partial charge in [-0.1, -0.05) is 12.1 Å². The van der Waals surface area contributed by atoms with E-state index in [1.54, 1.807) is 19.1 Å². The number of hydrogen-bond acceptors (Lipinski definition) is 3. The van der Waals surface area contributed by atoms with Gasteiger partial charge in [0.05, 0.1) is 13.2 Å². The Labute approximate surface area is 95.6 Å². The van der Waals surface area contributed by atoms with Gasteiger partial charge in [-0.3, -0.25) is 0 Å². The topological polar surface area (TPSA) is 38.7 Å². The summed E-state index contributed by atoms with van der Waals surface area (Å²) in [5.74, 6) is 0.542. The molecule has 0 aromatic heterocycles. The van der Waals surface area contributed by atoms with Crippen LogP contribution in [0, 0.1) is 17.6 Å². The predicted octanol–water partition coefficient (Wildman–Crippen LogP) is 3.70. The molecular weight excluding hydrogens is 209 g/mol. The summed E-state index contributed by atoms with van der Waals surface area (Å²) in [7, 11) is 0. The molecule has 0 saturated heterocycles. The third kappa shape index (κ3) is 6.11. The average Bonchev–Trinajstić information content (AvgIpc) is 2.26. The molecule has 0 heterocycles. The summed E-state index contributed by atoms with van der Waals surface area (Å²) in [5.41, 5.74) is 0.621. The summed E-state index contributed by atoms with van der Waals surface area (Å²) in [4.78, 5) is 9.15. The zero-order valence-corrected chi connectivity index (χ0v) is 10.00. The smallest absolute Gasteiger partial charge is 0.126 e. The van der Waals surface area contributed by atoms with Gasteiger partial charge in [-0.2, -0.15) is 4.91 Å². The highest BCUT2D eigenvalue weighted by Gasteiger charge is 1.97. The average molecular weight is 227 g/mol. The Morgan fingerprint density at radius 3 is 2.44 bits per heavy atom. The Hall–Kier alpha value is -1.45. The minimum Gasteiger partial charge on any atom is -0.494 e. The van der Waals surface area contributed by atoms with E-state index in [2.05, 4.69) is 5.18 Å². The summed E-state index contributed by atoms with van der Waals surface area (Å²) in [6, 6.07) is 4.74. The van der Waals surface area contributed by atoms with Crippen LogP contribution in [0.2, 0.25) is 0 Å². The van der Waals surface area contributed by atoms with Gasteiger partial charge in [0, 0.05) is 0 Å². The van der Waals surface area contributed by atoms with Gasteiger partial charge in [-0.25, -0.2) is 4.39 Å². The van der Waals surface area contributed by atoms with Crippen molar-refractivity contribution in [2.75, 3.05) is 13.2 Å². The molecule has 0 amide bonds. The van der Waals surface area contributed by atoms with Crippen molar-refractivity contribution in [1.29, 1.82) is 0 Å². The number of halogens is 1. The molecule has 0 radical (unpaired) electrons. The van der Waals surface area contributed by atoms with E-state index in [1.165, 1.54) is 6.07 Å². The fourth-order valence-corrected chi connectivity index (χ4v) is 0.965. The summed E-state index contributed by atoms with van der Waals surface area (Å²) < 4.78 is 17.9. The molecule has 0 N–H and O–H groups in total. The first-order chi connectivity index (χ1) is 7.65. The van der Waals surface area contributed by atoms with Gasteiger partial charge in [-0.15, -0.1) is 0 Å². The molecular formula is C12H18FNO2. The lowest BCUT2D eigenvalue weighted by Crippen LogP contribution is -1.92. The number of nitroso groups, excluding NO2 is 1. The molecule has 1 aromatic rings. The first-order valence-electron chi connectivity index (χ1n) is 5.33.